The van der Waals surface area contributed by atoms with Gasteiger partial charge in [0.15, 0.2) is 20.8 Å². The summed E-state index contributed by atoms with van der Waals surface area (Å²) in [5, 5.41) is 25.1. The van der Waals surface area contributed by atoms with E-state index >= 15 is 0 Å². The van der Waals surface area contributed by atoms with Crippen LogP contribution in [0, 0.1) is 22.7 Å². The summed E-state index contributed by atoms with van der Waals surface area (Å²) >= 11 is 32.3. The molecule has 2 aliphatic rings. The van der Waals surface area contributed by atoms with Gasteiger partial charge < -0.3 is 30.0 Å². The van der Waals surface area contributed by atoms with Gasteiger partial charge in [0.1, 0.15) is 23.6 Å². The number of thiazole rings is 2. The summed E-state index contributed by atoms with van der Waals surface area (Å²) < 4.78 is 23.9. The normalized spacial score (nSPS) is 13.8. The minimum Gasteiger partial charge on any atom is -0.495 e. The van der Waals surface area contributed by atoms with Gasteiger partial charge in [-0.05, 0) is 65.9 Å². The monoisotopic (exact) mass is 1160 g/mol. The van der Waals surface area contributed by atoms with E-state index in [0.717, 1.165) is 110 Å². The quantitative estimate of drug-likeness (QED) is 0.0821. The number of nitrogens with one attached hydrogen (secondary N) is 1. The molecule has 0 radical (unpaired) electrons. The van der Waals surface area contributed by atoms with Crippen molar-refractivity contribution in [2.75, 3.05) is 84.1 Å². The SMILES string of the molecule is COc1cc(Sc2c(C#N)cnc3nc(Nc4ccc(CN5CCOCC5)cc4)sc23)c(Cl)cc1Cl.COc1cc(Sc2c(C#N)cnc3nc(SC)sc23)c(Cl)cc1Cl.Nc1ccc(CN2CCOCC2)cc1. The molecule has 2 saturated heterocycles. The lowest BCUT2D eigenvalue weighted by molar-refractivity contribution is 0.0341. The van der Waals surface area contributed by atoms with Crippen LogP contribution in [0.5, 0.6) is 11.5 Å². The highest BCUT2D eigenvalue weighted by atomic mass is 35.5. The Bertz CT molecular complexity index is 3310. The van der Waals surface area contributed by atoms with Crippen molar-refractivity contribution in [3.8, 4) is 23.6 Å². The van der Waals surface area contributed by atoms with Gasteiger partial charge in [-0.2, -0.15) is 15.5 Å². The number of hydrogen-bond acceptors (Lipinski definition) is 19. The Kier molecular flexibility index (Phi) is 20.1. The molecule has 10 rings (SSSR count). The number of ether oxygens (including phenoxy) is 4. The van der Waals surface area contributed by atoms with Crippen LogP contribution in [-0.2, 0) is 22.6 Å². The standard InChI is InChI=1S/C25H21Cl2N5O2S2.C15H9Cl2N3OS3.C11H16N2O/c1-33-20-11-21(19(27)10-18(20)26)35-22-16(12-28)13-29-24-23(22)36-25(31-24)30-17-4-2-15(3-5-17)14-32-6-8-34-9-7-32;1-21-10-4-11(9(17)3-8(10)16)23-12-7(5-18)6-19-14-13(12)24-15(20-14)22-2;12-11-3-1-10(2-4-11)9-13-5-7-14-8-6-13/h2-5,10-11,13H,6-9,14H2,1H3,(H,29,30,31);3-4,6H,1-2H3;1-4H,5-9,12H2. The number of thioether (sulfide) groups is 1. The van der Waals surface area contributed by atoms with Gasteiger partial charge in [-0.25, -0.2) is 15.0 Å². The summed E-state index contributed by atoms with van der Waals surface area (Å²) in [5.41, 5.74) is 12.1. The molecule has 2 fully saturated rings. The van der Waals surface area contributed by atoms with Crippen molar-refractivity contribution >= 4 is 142 Å². The van der Waals surface area contributed by atoms with Crippen LogP contribution in [0.2, 0.25) is 20.1 Å². The minimum atomic E-state index is 0.424. The molecule has 4 aromatic carbocycles. The van der Waals surface area contributed by atoms with Crippen molar-refractivity contribution in [3.63, 3.8) is 0 Å². The third-order valence-electron chi connectivity index (χ3n) is 11.2. The van der Waals surface area contributed by atoms with Crippen LogP contribution < -0.4 is 20.5 Å². The lowest BCUT2D eigenvalue weighted by Gasteiger charge is -2.26. The first-order chi connectivity index (χ1) is 35.9. The third-order valence-corrected chi connectivity index (χ3v) is 18.3. The Hall–Kier alpha value is -4.81. The second-order valence-electron chi connectivity index (χ2n) is 16.1. The molecule has 8 aromatic rings. The lowest BCUT2D eigenvalue weighted by Crippen LogP contribution is -2.35. The first-order valence-electron chi connectivity index (χ1n) is 22.6. The molecule has 4 aromatic heterocycles. The maximum absolute atomic E-state index is 9.73. The molecule has 0 spiro atoms. The van der Waals surface area contributed by atoms with Gasteiger partial charge in [-0.1, -0.05) is 117 Å². The van der Waals surface area contributed by atoms with E-state index in [-0.39, 0.29) is 0 Å². The highest BCUT2D eigenvalue weighted by Crippen LogP contribution is 2.46. The van der Waals surface area contributed by atoms with Gasteiger partial charge in [0, 0.05) is 72.8 Å². The lowest BCUT2D eigenvalue weighted by atomic mass is 10.2. The fourth-order valence-corrected chi connectivity index (χ4v) is 13.2. The summed E-state index contributed by atoms with van der Waals surface area (Å²) in [5.74, 6) is 1.04. The van der Waals surface area contributed by atoms with Crippen LogP contribution in [-0.4, -0.2) is 103 Å². The first-order valence-corrected chi connectivity index (χ1v) is 28.6. The number of aromatic nitrogens is 4. The van der Waals surface area contributed by atoms with Gasteiger partial charge in [0.05, 0.1) is 91.1 Å². The molecule has 0 unspecified atom stereocenters. The zero-order chi connectivity index (χ0) is 52.1. The number of pyridine rings is 2. The number of fused-ring (bicyclic) bond motifs is 2. The van der Waals surface area contributed by atoms with E-state index in [4.69, 9.17) is 71.1 Å². The molecule has 0 bridgehead atoms. The number of hydrogen-bond donors (Lipinski definition) is 2. The average molecular weight is 1170 g/mol. The Morgan fingerprint density at radius 1 is 0.662 bits per heavy atom. The molecule has 23 heteroatoms. The maximum atomic E-state index is 9.73. The molecule has 3 N–H and O–H groups in total. The second-order valence-corrected chi connectivity index (χ2v) is 22.9. The molecular formula is C51H46Cl4N10O4S5. The summed E-state index contributed by atoms with van der Waals surface area (Å²) in [6.07, 6.45) is 5.03. The predicted octanol–water partition coefficient (Wildman–Crippen LogP) is 13.5. The maximum Gasteiger partial charge on any atom is 0.189 e. The van der Waals surface area contributed by atoms with Crippen LogP contribution in [0.25, 0.3) is 20.7 Å². The van der Waals surface area contributed by atoms with Crippen LogP contribution >= 0.6 is 104 Å². The highest BCUT2D eigenvalue weighted by molar-refractivity contribution is 8.01. The zero-order valence-electron chi connectivity index (χ0n) is 40.0. The number of morpholine rings is 2. The van der Waals surface area contributed by atoms with Gasteiger partial charge in [0.2, 0.25) is 0 Å². The van der Waals surface area contributed by atoms with Crippen LogP contribution in [0.1, 0.15) is 22.3 Å². The van der Waals surface area contributed by atoms with Crippen molar-refractivity contribution in [3.05, 3.63) is 128 Å². The van der Waals surface area contributed by atoms with Gasteiger partial charge in [-0.3, -0.25) is 9.80 Å². The minimum absolute atomic E-state index is 0.424. The van der Waals surface area contributed by atoms with E-state index in [1.807, 2.05) is 30.5 Å². The number of halogens is 4. The number of nitrogen functional groups attached to an aromatic ring is 1. The van der Waals surface area contributed by atoms with E-state index in [1.54, 1.807) is 50.2 Å². The Balaban J connectivity index is 0.000000164. The molecule has 0 aliphatic carbocycles. The molecule has 0 amide bonds. The number of methoxy groups -OCH3 is 2. The molecule has 0 saturated carbocycles. The number of nitrogens with two attached hydrogens (primary N) is 1. The van der Waals surface area contributed by atoms with Gasteiger partial charge in [0.25, 0.3) is 0 Å². The van der Waals surface area contributed by atoms with Gasteiger partial charge >= 0.3 is 0 Å². The number of nitriles is 2. The molecule has 2 aliphatic heterocycles. The van der Waals surface area contributed by atoms with Crippen LogP contribution in [0.15, 0.2) is 109 Å². The van der Waals surface area contributed by atoms with Crippen molar-refractivity contribution < 1.29 is 18.9 Å². The van der Waals surface area contributed by atoms with E-state index in [9.17, 15) is 10.5 Å². The number of rotatable bonds is 13. The first kappa shape index (κ1) is 55.4. The molecule has 6 heterocycles. The summed E-state index contributed by atoms with van der Waals surface area (Å²) in [6.45, 7) is 9.18. The summed E-state index contributed by atoms with van der Waals surface area (Å²) in [6, 6.07) is 27.6. The smallest absolute Gasteiger partial charge is 0.189 e. The van der Waals surface area contributed by atoms with E-state index in [2.05, 4.69) is 71.5 Å². The largest absolute Gasteiger partial charge is 0.495 e. The summed E-state index contributed by atoms with van der Waals surface area (Å²) in [4.78, 5) is 25.5. The number of benzene rings is 4. The van der Waals surface area contributed by atoms with E-state index < -0.39 is 0 Å². The van der Waals surface area contributed by atoms with Crippen molar-refractivity contribution in [2.45, 2.75) is 37.0 Å². The summed E-state index contributed by atoms with van der Waals surface area (Å²) in [7, 11) is 3.09. The molecule has 382 valence electrons. The topological polar surface area (TPSA) is 181 Å². The third kappa shape index (κ3) is 14.4. The second kappa shape index (κ2) is 26.8. The predicted molar refractivity (Wildman–Crippen MR) is 303 cm³/mol. The fourth-order valence-electron chi connectivity index (χ4n) is 7.38. The number of anilines is 3. The highest BCUT2D eigenvalue weighted by Gasteiger charge is 2.21. The Morgan fingerprint density at radius 2 is 1.12 bits per heavy atom. The average Bonchev–Trinajstić information content (AvgIpc) is 4.05. The van der Waals surface area contributed by atoms with Crippen LogP contribution in [0.4, 0.5) is 16.5 Å². The Morgan fingerprint density at radius 3 is 1.58 bits per heavy atom. The van der Waals surface area contributed by atoms with Crippen molar-refractivity contribution in [2.24, 2.45) is 0 Å². The number of nitrogens with zero attached hydrogens (tertiary/aromatic N) is 8. The molecule has 0 atom stereocenters. The van der Waals surface area contributed by atoms with E-state index in [0.29, 0.717) is 59.1 Å². The van der Waals surface area contributed by atoms with Crippen molar-refractivity contribution in [1.29, 1.82) is 10.5 Å². The zero-order valence-corrected chi connectivity index (χ0v) is 47.1. The molecular weight excluding hydrogens is 1120 g/mol. The Labute approximate surface area is 469 Å². The van der Waals surface area contributed by atoms with E-state index in [1.165, 1.54) is 69.7 Å². The van der Waals surface area contributed by atoms with Crippen molar-refractivity contribution in [1.82, 2.24) is 29.7 Å². The fraction of sp³-hybridized carbons (Fsp3) is 0.255. The van der Waals surface area contributed by atoms with Crippen LogP contribution in [0.3, 0.4) is 0 Å². The van der Waals surface area contributed by atoms with Gasteiger partial charge in [-0.15, -0.1) is 11.3 Å². The molecule has 74 heavy (non-hydrogen) atoms. The molecule has 14 nitrogen and oxygen atoms in total.